The molecule has 0 aliphatic heterocycles. The van der Waals surface area contributed by atoms with Crippen molar-refractivity contribution in [2.75, 3.05) is 0 Å². The Kier molecular flexibility index (Phi) is 7.15. The summed E-state index contributed by atoms with van der Waals surface area (Å²) in [6, 6.07) is 0. The molecule has 0 rings (SSSR count). The van der Waals surface area contributed by atoms with E-state index >= 15 is 0 Å². The fraction of sp³-hybridized carbons (Fsp3) is 0.625. The van der Waals surface area contributed by atoms with Gasteiger partial charge < -0.3 is 5.11 Å². The van der Waals surface area contributed by atoms with Gasteiger partial charge in [0.1, 0.15) is 0 Å². The lowest BCUT2D eigenvalue weighted by Gasteiger charge is -1.91. The van der Waals surface area contributed by atoms with E-state index in [1.807, 2.05) is 6.42 Å². The number of unbranched alkanes of at least 4 members (excludes halogenated alkanes) is 4. The van der Waals surface area contributed by atoms with Gasteiger partial charge >= 0.3 is 0 Å². The number of allylic oxidation sites excluding steroid dienone is 1. The quantitative estimate of drug-likeness (QED) is 0.444. The van der Waals surface area contributed by atoms with Crippen LogP contribution in [0.5, 0.6) is 0 Å². The second-order valence-electron chi connectivity index (χ2n) is 2.07. The van der Waals surface area contributed by atoms with Crippen molar-refractivity contribution in [1.82, 2.24) is 0 Å². The summed E-state index contributed by atoms with van der Waals surface area (Å²) < 4.78 is 0. The molecule has 0 saturated carbocycles. The van der Waals surface area contributed by atoms with Crippen molar-refractivity contribution in [3.8, 4) is 0 Å². The highest BCUT2D eigenvalue weighted by Crippen LogP contribution is 2.01. The van der Waals surface area contributed by atoms with E-state index in [0.717, 1.165) is 12.7 Å². The van der Waals surface area contributed by atoms with Gasteiger partial charge in [-0.3, -0.25) is 0 Å². The third kappa shape index (κ3) is 7.54. The Morgan fingerprint density at radius 3 is 2.67 bits per heavy atom. The molecular formula is C8H15O. The number of aliphatic hydroxyl groups is 1. The summed E-state index contributed by atoms with van der Waals surface area (Å²) in [5.74, 6) is 0. The SMILES string of the molecule is CCCCC[CH]C=CO. The van der Waals surface area contributed by atoms with Gasteiger partial charge in [-0.05, 0) is 18.9 Å². The standard InChI is InChI=1S/C8H15O/c1-2-3-4-5-6-7-8-9/h6-9H,2-5H2,1H3. The van der Waals surface area contributed by atoms with Crippen molar-refractivity contribution in [3.63, 3.8) is 0 Å². The van der Waals surface area contributed by atoms with Crippen molar-refractivity contribution < 1.29 is 5.11 Å². The lowest BCUT2D eigenvalue weighted by atomic mass is 10.2. The van der Waals surface area contributed by atoms with Gasteiger partial charge in [-0.15, -0.1) is 0 Å². The molecule has 0 aliphatic rings. The molecule has 0 bridgehead atoms. The van der Waals surface area contributed by atoms with Crippen LogP contribution in [0.2, 0.25) is 0 Å². The minimum atomic E-state index is 1.08. The van der Waals surface area contributed by atoms with Crippen LogP contribution >= 0.6 is 0 Å². The van der Waals surface area contributed by atoms with E-state index in [4.69, 9.17) is 5.11 Å². The molecule has 0 amide bonds. The highest BCUT2D eigenvalue weighted by molar-refractivity contribution is 4.88. The van der Waals surface area contributed by atoms with E-state index in [-0.39, 0.29) is 0 Å². The summed E-state index contributed by atoms with van der Waals surface area (Å²) in [5.41, 5.74) is 0. The summed E-state index contributed by atoms with van der Waals surface area (Å²) >= 11 is 0. The molecule has 53 valence electrons. The average molecular weight is 127 g/mol. The van der Waals surface area contributed by atoms with Crippen LogP contribution in [0.4, 0.5) is 0 Å². The lowest BCUT2D eigenvalue weighted by Crippen LogP contribution is -1.73. The van der Waals surface area contributed by atoms with Crippen molar-refractivity contribution in [2.24, 2.45) is 0 Å². The smallest absolute Gasteiger partial charge is 0.0754 e. The first-order chi connectivity index (χ1) is 4.41. The van der Waals surface area contributed by atoms with Crippen LogP contribution in [-0.2, 0) is 0 Å². The highest BCUT2D eigenvalue weighted by atomic mass is 16.2. The molecule has 0 saturated heterocycles. The van der Waals surface area contributed by atoms with Gasteiger partial charge in [0.05, 0.1) is 6.26 Å². The Hall–Kier alpha value is -0.460. The van der Waals surface area contributed by atoms with Gasteiger partial charge in [0.2, 0.25) is 0 Å². The first-order valence-corrected chi connectivity index (χ1v) is 3.54. The predicted octanol–water partition coefficient (Wildman–Crippen LogP) is 2.84. The molecule has 0 heterocycles. The average Bonchev–Trinajstić information content (AvgIpc) is 1.89. The Bertz CT molecular complexity index is 67.0. The van der Waals surface area contributed by atoms with E-state index in [2.05, 4.69) is 6.92 Å². The maximum atomic E-state index is 8.21. The summed E-state index contributed by atoms with van der Waals surface area (Å²) in [5, 5.41) is 8.21. The lowest BCUT2D eigenvalue weighted by molar-refractivity contribution is 0.472. The normalized spacial score (nSPS) is 10.8. The van der Waals surface area contributed by atoms with Gasteiger partial charge in [-0.2, -0.15) is 0 Å². The first-order valence-electron chi connectivity index (χ1n) is 3.54. The number of hydrogen-bond acceptors (Lipinski definition) is 1. The van der Waals surface area contributed by atoms with E-state index in [1.165, 1.54) is 19.3 Å². The number of rotatable bonds is 5. The van der Waals surface area contributed by atoms with Gasteiger partial charge in [0.25, 0.3) is 0 Å². The molecule has 1 radical (unpaired) electrons. The number of hydrogen-bond donors (Lipinski definition) is 1. The first kappa shape index (κ1) is 8.54. The van der Waals surface area contributed by atoms with Gasteiger partial charge in [-0.1, -0.05) is 26.2 Å². The summed E-state index contributed by atoms with van der Waals surface area (Å²) in [6.45, 7) is 2.18. The molecule has 0 unspecified atom stereocenters. The minimum absolute atomic E-state index is 1.08. The van der Waals surface area contributed by atoms with Crippen LogP contribution in [-0.4, -0.2) is 5.11 Å². The van der Waals surface area contributed by atoms with Gasteiger partial charge in [0.15, 0.2) is 0 Å². The zero-order chi connectivity index (χ0) is 6.95. The molecule has 9 heavy (non-hydrogen) atoms. The fourth-order valence-corrected chi connectivity index (χ4v) is 0.669. The van der Waals surface area contributed by atoms with Gasteiger partial charge in [-0.25, -0.2) is 0 Å². The van der Waals surface area contributed by atoms with E-state index in [0.29, 0.717) is 0 Å². The molecule has 0 aromatic heterocycles. The van der Waals surface area contributed by atoms with Crippen LogP contribution in [0.15, 0.2) is 12.3 Å². The topological polar surface area (TPSA) is 20.2 Å². The Morgan fingerprint density at radius 1 is 1.33 bits per heavy atom. The molecule has 1 heteroatoms. The fourth-order valence-electron chi connectivity index (χ4n) is 0.669. The Balaban J connectivity index is 2.75. The van der Waals surface area contributed by atoms with Crippen molar-refractivity contribution >= 4 is 0 Å². The Morgan fingerprint density at radius 2 is 2.11 bits per heavy atom. The van der Waals surface area contributed by atoms with Crippen LogP contribution < -0.4 is 0 Å². The zero-order valence-corrected chi connectivity index (χ0v) is 6.01. The minimum Gasteiger partial charge on any atom is -0.516 e. The van der Waals surface area contributed by atoms with Crippen molar-refractivity contribution in [1.29, 1.82) is 0 Å². The molecule has 0 aromatic carbocycles. The van der Waals surface area contributed by atoms with E-state index in [9.17, 15) is 0 Å². The largest absolute Gasteiger partial charge is 0.516 e. The summed E-state index contributed by atoms with van der Waals surface area (Å²) in [6.07, 6.45) is 9.61. The second kappa shape index (κ2) is 7.54. The Labute approximate surface area is 57.4 Å². The van der Waals surface area contributed by atoms with E-state index < -0.39 is 0 Å². The molecule has 1 N–H and O–H groups in total. The molecule has 1 nitrogen and oxygen atoms in total. The molecule has 0 atom stereocenters. The summed E-state index contributed by atoms with van der Waals surface area (Å²) in [4.78, 5) is 0. The van der Waals surface area contributed by atoms with Crippen molar-refractivity contribution in [3.05, 3.63) is 18.8 Å². The third-order valence-electron chi connectivity index (χ3n) is 1.20. The number of aliphatic hydroxyl groups excluding tert-OH is 1. The van der Waals surface area contributed by atoms with E-state index in [1.54, 1.807) is 6.08 Å². The molecule has 0 spiro atoms. The monoisotopic (exact) mass is 127 g/mol. The maximum absolute atomic E-state index is 8.21. The molecule has 0 fully saturated rings. The van der Waals surface area contributed by atoms with Crippen molar-refractivity contribution in [2.45, 2.75) is 32.6 Å². The van der Waals surface area contributed by atoms with Crippen LogP contribution in [0.3, 0.4) is 0 Å². The van der Waals surface area contributed by atoms with Crippen LogP contribution in [0, 0.1) is 6.42 Å². The maximum Gasteiger partial charge on any atom is 0.0754 e. The third-order valence-corrected chi connectivity index (χ3v) is 1.20. The second-order valence-corrected chi connectivity index (χ2v) is 2.07. The zero-order valence-electron chi connectivity index (χ0n) is 6.01. The van der Waals surface area contributed by atoms with Crippen LogP contribution in [0.1, 0.15) is 32.6 Å². The molecule has 0 aromatic rings. The van der Waals surface area contributed by atoms with Gasteiger partial charge in [0, 0.05) is 0 Å². The predicted molar refractivity (Wildman–Crippen MR) is 40.2 cm³/mol. The molecular weight excluding hydrogens is 112 g/mol. The summed E-state index contributed by atoms with van der Waals surface area (Å²) in [7, 11) is 0. The highest BCUT2D eigenvalue weighted by Gasteiger charge is 1.83. The van der Waals surface area contributed by atoms with Crippen LogP contribution in [0.25, 0.3) is 0 Å². The molecule has 0 aliphatic carbocycles.